The molecule has 2 fully saturated rings. The molecule has 0 spiro atoms. The van der Waals surface area contributed by atoms with Gasteiger partial charge < -0.3 is 15.5 Å². The smallest absolute Gasteiger partial charge is 0.318 e. The standard InChI is InChI=1S/C15H25N3O2/c1-2-10-16-14(19)13-9-6-11-18(13)15(20)17-12-7-4-3-5-8-12/h2,12-13H,1,3-11H2,(H,16,19)(H,17,20)/t13-/m1/s1. The van der Waals surface area contributed by atoms with Crippen LogP contribution >= 0.6 is 0 Å². The second kappa shape index (κ2) is 7.31. The minimum atomic E-state index is -0.321. The Hall–Kier alpha value is -1.52. The number of carbonyl (C=O) groups is 2. The Labute approximate surface area is 120 Å². The average Bonchev–Trinajstić information content (AvgIpc) is 2.95. The summed E-state index contributed by atoms with van der Waals surface area (Å²) in [5.74, 6) is -0.0683. The summed E-state index contributed by atoms with van der Waals surface area (Å²) in [6.45, 7) is 4.71. The van der Waals surface area contributed by atoms with Gasteiger partial charge in [0, 0.05) is 19.1 Å². The highest BCUT2D eigenvalue weighted by Crippen LogP contribution is 2.20. The van der Waals surface area contributed by atoms with Gasteiger partial charge in [-0.3, -0.25) is 4.79 Å². The molecule has 0 unspecified atom stereocenters. The predicted octanol–water partition coefficient (Wildman–Crippen LogP) is 1.80. The van der Waals surface area contributed by atoms with E-state index in [4.69, 9.17) is 0 Å². The quantitative estimate of drug-likeness (QED) is 0.771. The Bertz CT molecular complexity index is 364. The van der Waals surface area contributed by atoms with Crippen molar-refractivity contribution in [1.82, 2.24) is 15.5 Å². The van der Waals surface area contributed by atoms with Gasteiger partial charge in [0.25, 0.3) is 0 Å². The van der Waals surface area contributed by atoms with Crippen LogP contribution in [0.1, 0.15) is 44.9 Å². The predicted molar refractivity (Wildman–Crippen MR) is 78.3 cm³/mol. The molecule has 2 N–H and O–H groups in total. The summed E-state index contributed by atoms with van der Waals surface area (Å²) < 4.78 is 0. The zero-order chi connectivity index (χ0) is 14.4. The van der Waals surface area contributed by atoms with Crippen LogP contribution in [0, 0.1) is 0 Å². The molecule has 0 bridgehead atoms. The molecule has 1 atom stereocenters. The Kier molecular flexibility index (Phi) is 5.44. The molecule has 1 aliphatic heterocycles. The highest BCUT2D eigenvalue weighted by molar-refractivity contribution is 5.87. The highest BCUT2D eigenvalue weighted by Gasteiger charge is 2.34. The lowest BCUT2D eigenvalue weighted by atomic mass is 9.96. The molecule has 5 nitrogen and oxygen atoms in total. The molecule has 5 heteroatoms. The van der Waals surface area contributed by atoms with Gasteiger partial charge in [-0.1, -0.05) is 25.3 Å². The second-order valence-corrected chi connectivity index (χ2v) is 5.67. The third-order valence-electron chi connectivity index (χ3n) is 4.17. The molecule has 1 aliphatic carbocycles. The fourth-order valence-electron chi connectivity index (χ4n) is 3.08. The Morgan fingerprint density at radius 2 is 1.90 bits per heavy atom. The second-order valence-electron chi connectivity index (χ2n) is 5.67. The van der Waals surface area contributed by atoms with Gasteiger partial charge in [0.05, 0.1) is 0 Å². The lowest BCUT2D eigenvalue weighted by Crippen LogP contribution is -2.51. The van der Waals surface area contributed by atoms with Gasteiger partial charge in [-0.15, -0.1) is 6.58 Å². The van der Waals surface area contributed by atoms with Crippen molar-refractivity contribution in [3.63, 3.8) is 0 Å². The van der Waals surface area contributed by atoms with E-state index in [-0.39, 0.29) is 24.0 Å². The first-order chi connectivity index (χ1) is 9.72. The number of amides is 3. The molecule has 3 amide bonds. The van der Waals surface area contributed by atoms with E-state index in [0.29, 0.717) is 13.1 Å². The average molecular weight is 279 g/mol. The lowest BCUT2D eigenvalue weighted by molar-refractivity contribution is -0.124. The summed E-state index contributed by atoms with van der Waals surface area (Å²) in [5, 5.41) is 5.87. The first-order valence-electron chi connectivity index (χ1n) is 7.68. The monoisotopic (exact) mass is 279 g/mol. The Balaban J connectivity index is 1.86. The molecular weight excluding hydrogens is 254 g/mol. The van der Waals surface area contributed by atoms with E-state index < -0.39 is 0 Å². The van der Waals surface area contributed by atoms with E-state index in [9.17, 15) is 9.59 Å². The molecule has 1 saturated heterocycles. The van der Waals surface area contributed by atoms with Crippen LogP contribution in [0.3, 0.4) is 0 Å². The molecule has 20 heavy (non-hydrogen) atoms. The van der Waals surface area contributed by atoms with Gasteiger partial charge in [-0.25, -0.2) is 4.79 Å². The Morgan fingerprint density at radius 1 is 1.15 bits per heavy atom. The summed E-state index contributed by atoms with van der Waals surface area (Å²) in [6, 6.07) is -0.111. The number of hydrogen-bond acceptors (Lipinski definition) is 2. The number of hydrogen-bond donors (Lipinski definition) is 2. The van der Waals surface area contributed by atoms with Crippen molar-refractivity contribution in [3.05, 3.63) is 12.7 Å². The first kappa shape index (κ1) is 14.9. The van der Waals surface area contributed by atoms with Crippen LogP contribution in [-0.4, -0.2) is 42.0 Å². The van der Waals surface area contributed by atoms with Crippen LogP contribution in [-0.2, 0) is 4.79 Å². The normalized spacial score (nSPS) is 23.4. The van der Waals surface area contributed by atoms with Crippen molar-refractivity contribution in [3.8, 4) is 0 Å². The SMILES string of the molecule is C=CCNC(=O)[C@H]1CCCN1C(=O)NC1CCCCC1. The lowest BCUT2D eigenvalue weighted by Gasteiger charge is -2.28. The molecule has 0 radical (unpaired) electrons. The van der Waals surface area contributed by atoms with Crippen LogP contribution in [0.4, 0.5) is 4.79 Å². The molecule has 2 rings (SSSR count). The number of nitrogens with zero attached hydrogens (tertiary/aromatic N) is 1. The van der Waals surface area contributed by atoms with E-state index in [1.165, 1.54) is 19.3 Å². The van der Waals surface area contributed by atoms with Gasteiger partial charge in [-0.2, -0.15) is 0 Å². The van der Waals surface area contributed by atoms with Crippen LogP contribution in [0.5, 0.6) is 0 Å². The molecule has 112 valence electrons. The van der Waals surface area contributed by atoms with Crippen molar-refractivity contribution in [2.24, 2.45) is 0 Å². The maximum Gasteiger partial charge on any atom is 0.318 e. The zero-order valence-corrected chi connectivity index (χ0v) is 12.1. The fraction of sp³-hybridized carbons (Fsp3) is 0.733. The molecule has 0 aromatic rings. The van der Waals surface area contributed by atoms with Crippen LogP contribution in [0.2, 0.25) is 0 Å². The van der Waals surface area contributed by atoms with Gasteiger partial charge in [0.1, 0.15) is 6.04 Å². The minimum Gasteiger partial charge on any atom is -0.351 e. The number of urea groups is 1. The van der Waals surface area contributed by atoms with Crippen molar-refractivity contribution < 1.29 is 9.59 Å². The number of rotatable bonds is 4. The summed E-state index contributed by atoms with van der Waals surface area (Å²) in [5.41, 5.74) is 0. The molecule has 0 aromatic carbocycles. The number of likely N-dealkylation sites (tertiary alicyclic amines) is 1. The molecule has 1 saturated carbocycles. The topological polar surface area (TPSA) is 61.4 Å². The maximum absolute atomic E-state index is 12.3. The number of carbonyl (C=O) groups excluding carboxylic acids is 2. The number of nitrogens with one attached hydrogen (secondary N) is 2. The molecular formula is C15H25N3O2. The van der Waals surface area contributed by atoms with E-state index in [2.05, 4.69) is 17.2 Å². The van der Waals surface area contributed by atoms with Gasteiger partial charge >= 0.3 is 6.03 Å². The zero-order valence-electron chi connectivity index (χ0n) is 12.1. The van der Waals surface area contributed by atoms with E-state index in [0.717, 1.165) is 25.7 Å². The molecule has 2 aliphatic rings. The molecule has 0 aromatic heterocycles. The summed E-state index contributed by atoms with van der Waals surface area (Å²) >= 11 is 0. The highest BCUT2D eigenvalue weighted by atomic mass is 16.2. The maximum atomic E-state index is 12.3. The fourth-order valence-corrected chi connectivity index (χ4v) is 3.08. The minimum absolute atomic E-state index is 0.0683. The van der Waals surface area contributed by atoms with Crippen molar-refractivity contribution in [2.75, 3.05) is 13.1 Å². The van der Waals surface area contributed by atoms with Crippen molar-refractivity contribution in [2.45, 2.75) is 57.0 Å². The summed E-state index contributed by atoms with van der Waals surface area (Å²) in [4.78, 5) is 26.0. The van der Waals surface area contributed by atoms with Crippen LogP contribution < -0.4 is 10.6 Å². The van der Waals surface area contributed by atoms with E-state index in [1.807, 2.05) is 0 Å². The van der Waals surface area contributed by atoms with Crippen LogP contribution in [0.15, 0.2) is 12.7 Å². The molecule has 1 heterocycles. The summed E-state index contributed by atoms with van der Waals surface area (Å²) in [7, 11) is 0. The van der Waals surface area contributed by atoms with Crippen molar-refractivity contribution >= 4 is 11.9 Å². The third-order valence-corrected chi connectivity index (χ3v) is 4.17. The van der Waals surface area contributed by atoms with Gasteiger partial charge in [0.2, 0.25) is 5.91 Å². The van der Waals surface area contributed by atoms with E-state index in [1.54, 1.807) is 11.0 Å². The third kappa shape index (κ3) is 3.74. The summed E-state index contributed by atoms with van der Waals surface area (Å²) in [6.07, 6.45) is 9.06. The Morgan fingerprint density at radius 3 is 2.60 bits per heavy atom. The first-order valence-corrected chi connectivity index (χ1v) is 7.68. The van der Waals surface area contributed by atoms with Gasteiger partial charge in [0.15, 0.2) is 0 Å². The van der Waals surface area contributed by atoms with E-state index >= 15 is 0 Å². The van der Waals surface area contributed by atoms with Gasteiger partial charge in [-0.05, 0) is 25.7 Å². The largest absolute Gasteiger partial charge is 0.351 e. The van der Waals surface area contributed by atoms with Crippen LogP contribution in [0.25, 0.3) is 0 Å². The van der Waals surface area contributed by atoms with Crippen molar-refractivity contribution in [1.29, 1.82) is 0 Å².